The van der Waals surface area contributed by atoms with Gasteiger partial charge in [-0.2, -0.15) is 0 Å². The van der Waals surface area contributed by atoms with Crippen LogP contribution in [0, 0.1) is 17.6 Å². The largest absolute Gasteiger partial charge is 0.367 e. The SMILES string of the molecule is O=C(Nc1ccc(-c2cc[nH]c2)cc1)C1CCCN(Cc2ccc(F)c(F)c2)C1. The van der Waals surface area contributed by atoms with E-state index in [0.717, 1.165) is 42.3 Å². The van der Waals surface area contributed by atoms with Gasteiger partial charge in [0, 0.05) is 31.2 Å². The molecule has 4 nitrogen and oxygen atoms in total. The Kier molecular flexibility index (Phi) is 5.71. The summed E-state index contributed by atoms with van der Waals surface area (Å²) in [4.78, 5) is 17.9. The minimum absolute atomic E-state index is 0.00520. The smallest absolute Gasteiger partial charge is 0.228 e. The van der Waals surface area contributed by atoms with Crippen LogP contribution in [0.5, 0.6) is 0 Å². The van der Waals surface area contributed by atoms with Crippen LogP contribution in [-0.2, 0) is 11.3 Å². The van der Waals surface area contributed by atoms with Crippen LogP contribution in [0.4, 0.5) is 14.5 Å². The molecule has 1 fully saturated rings. The maximum absolute atomic E-state index is 13.4. The van der Waals surface area contributed by atoms with E-state index < -0.39 is 11.6 Å². The number of H-pyrrole nitrogens is 1. The first-order valence-corrected chi connectivity index (χ1v) is 9.79. The Morgan fingerprint density at radius 3 is 2.62 bits per heavy atom. The molecule has 1 saturated heterocycles. The van der Waals surface area contributed by atoms with Crippen LogP contribution in [0.3, 0.4) is 0 Å². The van der Waals surface area contributed by atoms with Crippen LogP contribution in [0.25, 0.3) is 11.1 Å². The zero-order valence-electron chi connectivity index (χ0n) is 16.0. The number of likely N-dealkylation sites (tertiary alicyclic amines) is 1. The molecule has 0 aliphatic carbocycles. The van der Waals surface area contributed by atoms with E-state index in [0.29, 0.717) is 18.7 Å². The van der Waals surface area contributed by atoms with E-state index in [1.807, 2.05) is 42.7 Å². The number of hydrogen-bond acceptors (Lipinski definition) is 2. The van der Waals surface area contributed by atoms with Gasteiger partial charge in [0.2, 0.25) is 5.91 Å². The van der Waals surface area contributed by atoms with Gasteiger partial charge < -0.3 is 10.3 Å². The molecule has 1 aliphatic rings. The van der Waals surface area contributed by atoms with Crippen LogP contribution >= 0.6 is 0 Å². The van der Waals surface area contributed by atoms with Crippen molar-refractivity contribution in [3.63, 3.8) is 0 Å². The highest BCUT2D eigenvalue weighted by molar-refractivity contribution is 5.93. The lowest BCUT2D eigenvalue weighted by Crippen LogP contribution is -2.40. The Labute approximate surface area is 168 Å². The Hall–Kier alpha value is -2.99. The Morgan fingerprint density at radius 2 is 1.90 bits per heavy atom. The topological polar surface area (TPSA) is 48.1 Å². The fourth-order valence-electron chi connectivity index (χ4n) is 3.80. The van der Waals surface area contributed by atoms with Gasteiger partial charge in [0.1, 0.15) is 0 Å². The van der Waals surface area contributed by atoms with Crippen molar-refractivity contribution in [2.45, 2.75) is 19.4 Å². The minimum atomic E-state index is -0.841. The van der Waals surface area contributed by atoms with Crippen LogP contribution in [0.15, 0.2) is 60.9 Å². The minimum Gasteiger partial charge on any atom is -0.367 e. The zero-order chi connectivity index (χ0) is 20.2. The zero-order valence-corrected chi connectivity index (χ0v) is 16.0. The highest BCUT2D eigenvalue weighted by atomic mass is 19.2. The molecule has 6 heteroatoms. The third kappa shape index (κ3) is 4.71. The van der Waals surface area contributed by atoms with Crippen LogP contribution in [0.1, 0.15) is 18.4 Å². The lowest BCUT2D eigenvalue weighted by atomic mass is 9.96. The van der Waals surface area contributed by atoms with E-state index in [-0.39, 0.29) is 11.8 Å². The first-order chi connectivity index (χ1) is 14.1. The second-order valence-electron chi connectivity index (χ2n) is 7.49. The van der Waals surface area contributed by atoms with Gasteiger partial charge in [-0.1, -0.05) is 18.2 Å². The molecule has 1 aromatic heterocycles. The van der Waals surface area contributed by atoms with Gasteiger partial charge in [0.25, 0.3) is 0 Å². The Bertz CT molecular complexity index is 970. The first kappa shape index (κ1) is 19.3. The van der Waals surface area contributed by atoms with E-state index in [2.05, 4.69) is 15.2 Å². The summed E-state index contributed by atoms with van der Waals surface area (Å²) in [5.74, 6) is -1.81. The molecule has 0 bridgehead atoms. The molecule has 2 aromatic carbocycles. The molecule has 0 saturated carbocycles. The molecule has 1 atom stereocenters. The summed E-state index contributed by atoms with van der Waals surface area (Å²) in [5, 5.41) is 3.00. The fraction of sp³-hybridized carbons (Fsp3) is 0.261. The average molecular weight is 395 g/mol. The third-order valence-corrected chi connectivity index (χ3v) is 5.35. The van der Waals surface area contributed by atoms with E-state index in [9.17, 15) is 13.6 Å². The van der Waals surface area contributed by atoms with Crippen molar-refractivity contribution in [2.24, 2.45) is 5.92 Å². The van der Waals surface area contributed by atoms with Gasteiger partial charge in [0.15, 0.2) is 11.6 Å². The van der Waals surface area contributed by atoms with Crippen molar-refractivity contribution in [3.8, 4) is 11.1 Å². The van der Waals surface area contributed by atoms with E-state index in [4.69, 9.17) is 0 Å². The van der Waals surface area contributed by atoms with Gasteiger partial charge in [-0.05, 0) is 66.4 Å². The lowest BCUT2D eigenvalue weighted by molar-refractivity contribution is -0.121. The van der Waals surface area contributed by atoms with Gasteiger partial charge in [-0.25, -0.2) is 8.78 Å². The fourth-order valence-corrected chi connectivity index (χ4v) is 3.80. The molecule has 4 rings (SSSR count). The number of nitrogens with one attached hydrogen (secondary N) is 2. The van der Waals surface area contributed by atoms with E-state index in [1.54, 1.807) is 6.07 Å². The highest BCUT2D eigenvalue weighted by Gasteiger charge is 2.26. The summed E-state index contributed by atoms with van der Waals surface area (Å²) in [7, 11) is 0. The number of nitrogens with zero attached hydrogens (tertiary/aromatic N) is 1. The summed E-state index contributed by atoms with van der Waals surface area (Å²) in [6.07, 6.45) is 5.52. The van der Waals surface area contributed by atoms with E-state index in [1.165, 1.54) is 6.07 Å². The van der Waals surface area contributed by atoms with Crippen LogP contribution in [-0.4, -0.2) is 28.9 Å². The second kappa shape index (κ2) is 8.57. The van der Waals surface area contributed by atoms with Gasteiger partial charge in [-0.3, -0.25) is 9.69 Å². The number of benzene rings is 2. The number of piperidine rings is 1. The van der Waals surface area contributed by atoms with Crippen LogP contribution in [0.2, 0.25) is 0 Å². The van der Waals surface area contributed by atoms with Crippen LogP contribution < -0.4 is 5.32 Å². The maximum atomic E-state index is 13.4. The number of aromatic amines is 1. The molecule has 3 aromatic rings. The number of carbonyl (C=O) groups excluding carboxylic acids is 1. The van der Waals surface area contributed by atoms with Crippen molar-refractivity contribution in [1.82, 2.24) is 9.88 Å². The Balaban J connectivity index is 1.35. The average Bonchev–Trinajstić information content (AvgIpc) is 3.26. The number of carbonyl (C=O) groups is 1. The molecular weight excluding hydrogens is 372 g/mol. The summed E-state index contributed by atoms with van der Waals surface area (Å²) < 4.78 is 26.6. The van der Waals surface area contributed by atoms with Crippen molar-refractivity contribution in [2.75, 3.05) is 18.4 Å². The number of rotatable bonds is 5. The van der Waals surface area contributed by atoms with Gasteiger partial charge in [0.05, 0.1) is 5.92 Å². The number of anilines is 1. The summed E-state index contributed by atoms with van der Waals surface area (Å²) >= 11 is 0. The number of halogens is 2. The molecule has 1 amide bonds. The van der Waals surface area contributed by atoms with E-state index >= 15 is 0 Å². The Morgan fingerprint density at radius 1 is 1.07 bits per heavy atom. The number of amides is 1. The predicted octanol–water partition coefficient (Wildman–Crippen LogP) is 4.81. The summed E-state index contributed by atoms with van der Waals surface area (Å²) in [6.45, 7) is 1.95. The summed E-state index contributed by atoms with van der Waals surface area (Å²) in [6, 6.07) is 13.7. The number of hydrogen-bond donors (Lipinski definition) is 2. The van der Waals surface area contributed by atoms with Gasteiger partial charge >= 0.3 is 0 Å². The third-order valence-electron chi connectivity index (χ3n) is 5.35. The van der Waals surface area contributed by atoms with Gasteiger partial charge in [-0.15, -0.1) is 0 Å². The molecule has 150 valence electrons. The van der Waals surface area contributed by atoms with Crippen molar-refractivity contribution >= 4 is 11.6 Å². The van der Waals surface area contributed by atoms with Crippen molar-refractivity contribution in [1.29, 1.82) is 0 Å². The standard InChI is InChI=1S/C23H23F2N3O/c24-21-8-3-16(12-22(21)25)14-28-11-1-2-19(15-28)23(29)27-20-6-4-17(5-7-20)18-9-10-26-13-18/h3-10,12-13,19,26H,1-2,11,14-15H2,(H,27,29). The quantitative estimate of drug-likeness (QED) is 0.651. The molecule has 0 radical (unpaired) electrons. The summed E-state index contributed by atoms with van der Waals surface area (Å²) in [5.41, 5.74) is 3.67. The molecule has 0 spiro atoms. The highest BCUT2D eigenvalue weighted by Crippen LogP contribution is 2.23. The normalized spacial score (nSPS) is 17.2. The second-order valence-corrected chi connectivity index (χ2v) is 7.49. The maximum Gasteiger partial charge on any atom is 0.228 e. The molecule has 1 aliphatic heterocycles. The molecule has 1 unspecified atom stereocenters. The number of aromatic nitrogens is 1. The van der Waals surface area contributed by atoms with Crippen molar-refractivity contribution < 1.29 is 13.6 Å². The molecular formula is C23H23F2N3O. The monoisotopic (exact) mass is 395 g/mol. The first-order valence-electron chi connectivity index (χ1n) is 9.79. The molecule has 2 N–H and O–H groups in total. The molecule has 29 heavy (non-hydrogen) atoms. The molecule has 2 heterocycles. The van der Waals surface area contributed by atoms with Crippen molar-refractivity contribution in [3.05, 3.63) is 78.1 Å². The predicted molar refractivity (Wildman–Crippen MR) is 109 cm³/mol. The lowest BCUT2D eigenvalue weighted by Gasteiger charge is -2.32.